The van der Waals surface area contributed by atoms with Gasteiger partial charge in [0.05, 0.1) is 11.3 Å². The van der Waals surface area contributed by atoms with Crippen molar-refractivity contribution < 1.29 is 9.90 Å². The second-order valence-electron chi connectivity index (χ2n) is 4.09. The third-order valence-corrected chi connectivity index (χ3v) is 3.61. The standard InChI is InChI=1S/C14H12N2O2S/c1-9-4-5-11(10(7-9)8-15)16-13(14(17)18)12-3-2-6-19-12/h2-7,13,16H,1H3,(H,17,18). The highest BCUT2D eigenvalue weighted by molar-refractivity contribution is 7.10. The van der Waals surface area contributed by atoms with Crippen molar-refractivity contribution in [2.24, 2.45) is 0 Å². The van der Waals surface area contributed by atoms with Gasteiger partial charge in [0, 0.05) is 4.88 Å². The van der Waals surface area contributed by atoms with E-state index < -0.39 is 12.0 Å². The van der Waals surface area contributed by atoms with E-state index in [0.717, 1.165) is 5.56 Å². The molecule has 2 aromatic rings. The summed E-state index contributed by atoms with van der Waals surface area (Å²) in [5, 5.41) is 23.1. The molecule has 2 N–H and O–H groups in total. The van der Waals surface area contributed by atoms with Gasteiger partial charge in [-0.2, -0.15) is 5.26 Å². The number of carbonyl (C=O) groups is 1. The molecule has 0 saturated heterocycles. The first kappa shape index (κ1) is 13.1. The van der Waals surface area contributed by atoms with Crippen LogP contribution in [0.1, 0.15) is 22.0 Å². The summed E-state index contributed by atoms with van der Waals surface area (Å²) in [5.41, 5.74) is 1.95. The third-order valence-electron chi connectivity index (χ3n) is 2.67. The smallest absolute Gasteiger partial charge is 0.331 e. The number of nitriles is 1. The largest absolute Gasteiger partial charge is 0.479 e. The Labute approximate surface area is 114 Å². The van der Waals surface area contributed by atoms with Gasteiger partial charge < -0.3 is 10.4 Å². The van der Waals surface area contributed by atoms with Gasteiger partial charge in [-0.1, -0.05) is 12.1 Å². The van der Waals surface area contributed by atoms with Crippen molar-refractivity contribution in [1.29, 1.82) is 5.26 Å². The molecule has 0 amide bonds. The van der Waals surface area contributed by atoms with Gasteiger partial charge in [0.2, 0.25) is 0 Å². The van der Waals surface area contributed by atoms with Crippen LogP contribution in [0.5, 0.6) is 0 Å². The zero-order valence-corrected chi connectivity index (χ0v) is 11.1. The van der Waals surface area contributed by atoms with E-state index in [9.17, 15) is 9.90 Å². The number of carboxylic acids is 1. The fraction of sp³-hybridized carbons (Fsp3) is 0.143. The van der Waals surface area contributed by atoms with Crippen LogP contribution >= 0.6 is 11.3 Å². The van der Waals surface area contributed by atoms with Crippen LogP contribution in [0, 0.1) is 18.3 Å². The molecule has 0 aliphatic heterocycles. The minimum atomic E-state index is -0.966. The molecule has 2 rings (SSSR count). The van der Waals surface area contributed by atoms with Crippen LogP contribution < -0.4 is 5.32 Å². The summed E-state index contributed by atoms with van der Waals surface area (Å²) in [6, 6.07) is 10.1. The molecule has 0 fully saturated rings. The van der Waals surface area contributed by atoms with E-state index in [4.69, 9.17) is 5.26 Å². The number of rotatable bonds is 4. The molecular weight excluding hydrogens is 260 g/mol. The summed E-state index contributed by atoms with van der Waals surface area (Å²) in [6.45, 7) is 1.89. The Morgan fingerprint density at radius 2 is 2.26 bits per heavy atom. The molecule has 0 aliphatic carbocycles. The maximum absolute atomic E-state index is 11.3. The molecule has 19 heavy (non-hydrogen) atoms. The van der Waals surface area contributed by atoms with Crippen LogP contribution in [-0.4, -0.2) is 11.1 Å². The molecule has 0 bridgehead atoms. The Morgan fingerprint density at radius 1 is 1.47 bits per heavy atom. The number of hydrogen-bond acceptors (Lipinski definition) is 4. The van der Waals surface area contributed by atoms with E-state index in [1.165, 1.54) is 11.3 Å². The zero-order chi connectivity index (χ0) is 13.8. The van der Waals surface area contributed by atoms with E-state index >= 15 is 0 Å². The number of nitrogens with zero attached hydrogens (tertiary/aromatic N) is 1. The molecule has 1 heterocycles. The molecule has 0 spiro atoms. The van der Waals surface area contributed by atoms with Gasteiger partial charge in [0.25, 0.3) is 0 Å². The zero-order valence-electron chi connectivity index (χ0n) is 10.3. The Hall–Kier alpha value is -2.32. The molecule has 0 radical (unpaired) electrons. The number of carboxylic acid groups (broad SMARTS) is 1. The summed E-state index contributed by atoms with van der Waals surface area (Å²) < 4.78 is 0. The highest BCUT2D eigenvalue weighted by Crippen LogP contribution is 2.26. The predicted molar refractivity (Wildman–Crippen MR) is 74.2 cm³/mol. The summed E-state index contributed by atoms with van der Waals surface area (Å²) in [7, 11) is 0. The molecule has 0 aliphatic rings. The SMILES string of the molecule is Cc1ccc(NC(C(=O)O)c2cccs2)c(C#N)c1. The van der Waals surface area contributed by atoms with Crippen LogP contribution in [0.25, 0.3) is 0 Å². The number of aliphatic carboxylic acids is 1. The molecule has 1 aromatic heterocycles. The molecule has 96 valence electrons. The average Bonchev–Trinajstić information content (AvgIpc) is 2.90. The van der Waals surface area contributed by atoms with E-state index in [-0.39, 0.29) is 0 Å². The van der Waals surface area contributed by atoms with Gasteiger partial charge in [0.15, 0.2) is 6.04 Å². The lowest BCUT2D eigenvalue weighted by molar-refractivity contribution is -0.138. The van der Waals surface area contributed by atoms with Crippen molar-refractivity contribution >= 4 is 23.0 Å². The maximum Gasteiger partial charge on any atom is 0.331 e. The predicted octanol–water partition coefficient (Wildman–Crippen LogP) is 3.17. The second-order valence-corrected chi connectivity index (χ2v) is 5.07. The van der Waals surface area contributed by atoms with Crippen LogP contribution in [-0.2, 0) is 4.79 Å². The quantitative estimate of drug-likeness (QED) is 0.896. The Balaban J connectivity index is 2.33. The van der Waals surface area contributed by atoms with E-state index in [2.05, 4.69) is 11.4 Å². The number of hydrogen-bond donors (Lipinski definition) is 2. The molecule has 5 heteroatoms. The van der Waals surface area contributed by atoms with Gasteiger partial charge in [-0.15, -0.1) is 11.3 Å². The molecule has 1 aromatic carbocycles. The summed E-state index contributed by atoms with van der Waals surface area (Å²) in [5.74, 6) is -0.966. The number of anilines is 1. The minimum absolute atomic E-state index is 0.447. The number of aryl methyl sites for hydroxylation is 1. The maximum atomic E-state index is 11.3. The van der Waals surface area contributed by atoms with E-state index in [0.29, 0.717) is 16.1 Å². The first-order valence-corrected chi connectivity index (χ1v) is 6.53. The number of thiophene rings is 1. The van der Waals surface area contributed by atoms with Crippen molar-refractivity contribution in [2.75, 3.05) is 5.32 Å². The third kappa shape index (κ3) is 2.92. The van der Waals surface area contributed by atoms with Crippen LogP contribution in [0.3, 0.4) is 0 Å². The van der Waals surface area contributed by atoms with Crippen molar-refractivity contribution in [1.82, 2.24) is 0 Å². The fourth-order valence-corrected chi connectivity index (χ4v) is 2.51. The molecule has 1 atom stereocenters. The van der Waals surface area contributed by atoms with Gasteiger partial charge in [-0.3, -0.25) is 0 Å². The van der Waals surface area contributed by atoms with Crippen molar-refractivity contribution in [2.45, 2.75) is 13.0 Å². The molecule has 1 unspecified atom stereocenters. The Kier molecular flexibility index (Phi) is 3.83. The minimum Gasteiger partial charge on any atom is -0.479 e. The van der Waals surface area contributed by atoms with Crippen LogP contribution in [0.15, 0.2) is 35.7 Å². The monoisotopic (exact) mass is 272 g/mol. The molecule has 4 nitrogen and oxygen atoms in total. The lowest BCUT2D eigenvalue weighted by atomic mass is 10.1. The normalized spacial score (nSPS) is 11.6. The van der Waals surface area contributed by atoms with Crippen molar-refractivity contribution in [3.8, 4) is 6.07 Å². The van der Waals surface area contributed by atoms with Crippen molar-refractivity contribution in [3.05, 3.63) is 51.7 Å². The topological polar surface area (TPSA) is 73.1 Å². The molecular formula is C14H12N2O2S. The Morgan fingerprint density at radius 3 is 2.84 bits per heavy atom. The van der Waals surface area contributed by atoms with Gasteiger partial charge >= 0.3 is 5.97 Å². The highest BCUT2D eigenvalue weighted by Gasteiger charge is 2.21. The summed E-state index contributed by atoms with van der Waals surface area (Å²) in [6.07, 6.45) is 0. The first-order valence-electron chi connectivity index (χ1n) is 5.65. The average molecular weight is 272 g/mol. The summed E-state index contributed by atoms with van der Waals surface area (Å²) in [4.78, 5) is 12.0. The Bertz CT molecular complexity index is 629. The second kappa shape index (κ2) is 5.55. The van der Waals surface area contributed by atoms with Crippen LogP contribution in [0.4, 0.5) is 5.69 Å². The highest BCUT2D eigenvalue weighted by atomic mass is 32.1. The molecule has 0 saturated carbocycles. The summed E-state index contributed by atoms with van der Waals surface area (Å²) >= 11 is 1.37. The number of nitrogens with one attached hydrogen (secondary N) is 1. The van der Waals surface area contributed by atoms with Crippen molar-refractivity contribution in [3.63, 3.8) is 0 Å². The lowest BCUT2D eigenvalue weighted by Crippen LogP contribution is -2.20. The van der Waals surface area contributed by atoms with Gasteiger partial charge in [-0.25, -0.2) is 4.79 Å². The van der Waals surface area contributed by atoms with E-state index in [1.54, 1.807) is 24.3 Å². The van der Waals surface area contributed by atoms with E-state index in [1.807, 2.05) is 18.4 Å². The van der Waals surface area contributed by atoms with Gasteiger partial charge in [-0.05, 0) is 36.1 Å². The fourth-order valence-electron chi connectivity index (χ4n) is 1.74. The first-order chi connectivity index (χ1) is 9.11. The number of benzene rings is 1. The lowest BCUT2D eigenvalue weighted by Gasteiger charge is -2.15. The van der Waals surface area contributed by atoms with Crippen LogP contribution in [0.2, 0.25) is 0 Å². The van der Waals surface area contributed by atoms with Gasteiger partial charge in [0.1, 0.15) is 6.07 Å².